The van der Waals surface area contributed by atoms with E-state index in [9.17, 15) is 4.79 Å². The summed E-state index contributed by atoms with van der Waals surface area (Å²) in [6, 6.07) is 0. The van der Waals surface area contributed by atoms with Gasteiger partial charge in [-0.25, -0.2) is 9.48 Å². The largest absolute Gasteiger partial charge is 0.455 e. The van der Waals surface area contributed by atoms with Gasteiger partial charge in [0.05, 0.1) is 24.9 Å². The standard InChI is InChI=1S/C14H24N4O3/c1-10-12(13(19)21-14(2,3)4)15-16-18(10)9-11-8-17(5)6-7-20-11/h11H,6-9H2,1-5H3. The minimum Gasteiger partial charge on any atom is -0.455 e. The van der Waals surface area contributed by atoms with Crippen molar-refractivity contribution in [3.63, 3.8) is 0 Å². The number of carbonyl (C=O) groups excluding carboxylic acids is 1. The monoisotopic (exact) mass is 296 g/mol. The molecule has 1 atom stereocenters. The molecule has 1 fully saturated rings. The highest BCUT2D eigenvalue weighted by atomic mass is 16.6. The lowest BCUT2D eigenvalue weighted by Gasteiger charge is -2.30. The summed E-state index contributed by atoms with van der Waals surface area (Å²) in [5, 5.41) is 8.01. The highest BCUT2D eigenvalue weighted by Crippen LogP contribution is 2.14. The first-order valence-corrected chi connectivity index (χ1v) is 7.20. The molecule has 0 aliphatic carbocycles. The minimum atomic E-state index is -0.539. The van der Waals surface area contributed by atoms with Gasteiger partial charge in [-0.05, 0) is 34.7 Å². The lowest BCUT2D eigenvalue weighted by Crippen LogP contribution is -2.42. The molecule has 0 aromatic carbocycles. The molecular formula is C14H24N4O3. The molecule has 7 nitrogen and oxygen atoms in total. The Bertz CT molecular complexity index is 507. The Labute approximate surface area is 125 Å². The van der Waals surface area contributed by atoms with Crippen LogP contribution in [-0.4, -0.2) is 64.3 Å². The van der Waals surface area contributed by atoms with Crippen LogP contribution in [0.4, 0.5) is 0 Å². The normalized spacial score (nSPS) is 20.5. The van der Waals surface area contributed by atoms with E-state index in [1.165, 1.54) is 0 Å². The smallest absolute Gasteiger partial charge is 0.361 e. The molecule has 1 saturated heterocycles. The van der Waals surface area contributed by atoms with Gasteiger partial charge in [0.15, 0.2) is 5.69 Å². The van der Waals surface area contributed by atoms with Gasteiger partial charge in [-0.1, -0.05) is 5.21 Å². The van der Waals surface area contributed by atoms with E-state index < -0.39 is 11.6 Å². The predicted molar refractivity (Wildman–Crippen MR) is 77.2 cm³/mol. The Morgan fingerprint density at radius 2 is 2.19 bits per heavy atom. The summed E-state index contributed by atoms with van der Waals surface area (Å²) >= 11 is 0. The van der Waals surface area contributed by atoms with Gasteiger partial charge in [0.2, 0.25) is 0 Å². The molecule has 0 saturated carbocycles. The van der Waals surface area contributed by atoms with Gasteiger partial charge in [0, 0.05) is 13.1 Å². The van der Waals surface area contributed by atoms with Gasteiger partial charge in [0.1, 0.15) is 5.60 Å². The Morgan fingerprint density at radius 3 is 2.81 bits per heavy atom. The maximum Gasteiger partial charge on any atom is 0.361 e. The van der Waals surface area contributed by atoms with Crippen molar-refractivity contribution in [3.8, 4) is 0 Å². The van der Waals surface area contributed by atoms with Gasteiger partial charge >= 0.3 is 5.97 Å². The fourth-order valence-electron chi connectivity index (χ4n) is 2.22. The van der Waals surface area contributed by atoms with E-state index in [4.69, 9.17) is 9.47 Å². The Balaban J connectivity index is 2.04. The van der Waals surface area contributed by atoms with E-state index in [-0.39, 0.29) is 11.8 Å². The average Bonchev–Trinajstić information content (AvgIpc) is 2.69. The molecule has 1 aromatic heterocycles. The highest BCUT2D eigenvalue weighted by Gasteiger charge is 2.25. The van der Waals surface area contributed by atoms with Crippen LogP contribution in [0, 0.1) is 6.92 Å². The molecule has 7 heteroatoms. The van der Waals surface area contributed by atoms with Crippen molar-refractivity contribution in [1.29, 1.82) is 0 Å². The number of rotatable bonds is 3. The number of hydrogen-bond donors (Lipinski definition) is 0. The van der Waals surface area contributed by atoms with Crippen LogP contribution in [0.2, 0.25) is 0 Å². The number of likely N-dealkylation sites (N-methyl/N-ethyl adjacent to an activating group) is 1. The van der Waals surface area contributed by atoms with Crippen LogP contribution < -0.4 is 0 Å². The number of ether oxygens (including phenoxy) is 2. The minimum absolute atomic E-state index is 0.0654. The third-order valence-corrected chi connectivity index (χ3v) is 3.29. The summed E-state index contributed by atoms with van der Waals surface area (Å²) in [5.74, 6) is -0.437. The van der Waals surface area contributed by atoms with Gasteiger partial charge in [-0.2, -0.15) is 0 Å². The SMILES string of the molecule is Cc1c(C(=O)OC(C)(C)C)nnn1CC1CN(C)CCO1. The zero-order chi connectivity index (χ0) is 15.6. The maximum absolute atomic E-state index is 12.1. The molecule has 0 bridgehead atoms. The Morgan fingerprint density at radius 1 is 1.48 bits per heavy atom. The Hall–Kier alpha value is -1.47. The van der Waals surface area contributed by atoms with Crippen molar-refractivity contribution >= 4 is 5.97 Å². The summed E-state index contributed by atoms with van der Waals surface area (Å²) in [5.41, 5.74) is 0.442. The van der Waals surface area contributed by atoms with Crippen molar-refractivity contribution < 1.29 is 14.3 Å². The molecule has 0 N–H and O–H groups in total. The van der Waals surface area contributed by atoms with Crippen molar-refractivity contribution in [2.24, 2.45) is 0 Å². The predicted octanol–water partition coefficient (Wildman–Crippen LogP) is 0.872. The molecule has 1 aliphatic heterocycles. The zero-order valence-corrected chi connectivity index (χ0v) is 13.4. The molecule has 2 rings (SSSR count). The van der Waals surface area contributed by atoms with E-state index in [0.717, 1.165) is 13.1 Å². The molecule has 1 aliphatic rings. The summed E-state index contributed by atoms with van der Waals surface area (Å²) in [4.78, 5) is 14.3. The molecule has 0 amide bonds. The third kappa shape index (κ3) is 4.25. The third-order valence-electron chi connectivity index (χ3n) is 3.29. The second kappa shape index (κ2) is 6.11. The van der Waals surface area contributed by atoms with Crippen LogP contribution in [0.5, 0.6) is 0 Å². The van der Waals surface area contributed by atoms with Crippen LogP contribution in [0.3, 0.4) is 0 Å². The van der Waals surface area contributed by atoms with Crippen molar-refractivity contribution in [2.75, 3.05) is 26.7 Å². The summed E-state index contributed by atoms with van der Waals surface area (Å²) in [6.45, 7) is 10.4. The lowest BCUT2D eigenvalue weighted by molar-refractivity contribution is -0.0295. The summed E-state index contributed by atoms with van der Waals surface area (Å²) in [7, 11) is 2.07. The molecular weight excluding hydrogens is 272 g/mol. The number of hydrogen-bond acceptors (Lipinski definition) is 6. The van der Waals surface area contributed by atoms with E-state index >= 15 is 0 Å². The topological polar surface area (TPSA) is 69.5 Å². The first-order valence-electron chi connectivity index (χ1n) is 7.20. The van der Waals surface area contributed by atoms with Crippen LogP contribution in [0.15, 0.2) is 0 Å². The number of morpholine rings is 1. The number of esters is 1. The lowest BCUT2D eigenvalue weighted by atomic mass is 10.2. The highest BCUT2D eigenvalue weighted by molar-refractivity contribution is 5.88. The quantitative estimate of drug-likeness (QED) is 0.771. The van der Waals surface area contributed by atoms with E-state index in [0.29, 0.717) is 18.8 Å². The van der Waals surface area contributed by atoms with Crippen molar-refractivity contribution in [3.05, 3.63) is 11.4 Å². The second-order valence-corrected chi connectivity index (χ2v) is 6.46. The molecule has 1 unspecified atom stereocenters. The van der Waals surface area contributed by atoms with Crippen LogP contribution >= 0.6 is 0 Å². The Kier molecular flexibility index (Phi) is 4.63. The first kappa shape index (κ1) is 15.9. The molecule has 0 radical (unpaired) electrons. The number of aromatic nitrogens is 3. The van der Waals surface area contributed by atoms with Gasteiger partial charge in [-0.3, -0.25) is 0 Å². The van der Waals surface area contributed by atoms with Crippen LogP contribution in [0.1, 0.15) is 37.0 Å². The number of nitrogens with zero attached hydrogens (tertiary/aromatic N) is 4. The van der Waals surface area contributed by atoms with Crippen LogP contribution in [0.25, 0.3) is 0 Å². The van der Waals surface area contributed by atoms with E-state index in [1.807, 2.05) is 27.7 Å². The fourth-order valence-corrected chi connectivity index (χ4v) is 2.22. The summed E-state index contributed by atoms with van der Waals surface area (Å²) < 4.78 is 12.8. The van der Waals surface area contributed by atoms with Gasteiger partial charge in [-0.15, -0.1) is 5.10 Å². The molecule has 118 valence electrons. The van der Waals surface area contributed by atoms with Gasteiger partial charge in [0.25, 0.3) is 0 Å². The molecule has 21 heavy (non-hydrogen) atoms. The number of carbonyl (C=O) groups is 1. The van der Waals surface area contributed by atoms with Crippen molar-refractivity contribution in [2.45, 2.75) is 45.9 Å². The summed E-state index contributed by atoms with van der Waals surface area (Å²) in [6.07, 6.45) is 0.0654. The maximum atomic E-state index is 12.1. The molecule has 1 aromatic rings. The molecule has 0 spiro atoms. The van der Waals surface area contributed by atoms with Crippen LogP contribution in [-0.2, 0) is 16.0 Å². The van der Waals surface area contributed by atoms with E-state index in [1.54, 1.807) is 4.68 Å². The first-order chi connectivity index (χ1) is 9.76. The van der Waals surface area contributed by atoms with Crippen molar-refractivity contribution in [1.82, 2.24) is 19.9 Å². The average molecular weight is 296 g/mol. The molecule has 2 heterocycles. The fraction of sp³-hybridized carbons (Fsp3) is 0.786. The zero-order valence-electron chi connectivity index (χ0n) is 13.4. The second-order valence-electron chi connectivity index (χ2n) is 6.46. The van der Waals surface area contributed by atoms with Gasteiger partial charge < -0.3 is 14.4 Å². The van der Waals surface area contributed by atoms with E-state index in [2.05, 4.69) is 22.3 Å².